The lowest BCUT2D eigenvalue weighted by Crippen LogP contribution is -2.57. The fraction of sp³-hybridized carbons (Fsp3) is 0.909. The third kappa shape index (κ3) is 8.01. The Hall–Kier alpha value is -0.520. The summed E-state index contributed by atoms with van der Waals surface area (Å²) in [6.45, 7) is -0.663. The molecule has 0 aromatic heterocycles. The van der Waals surface area contributed by atoms with Gasteiger partial charge in [0.05, 0.1) is 12.4 Å². The maximum absolute atomic E-state index is 11.2. The Bertz CT molecular complexity index is 690. The molecule has 1 aliphatic rings. The summed E-state index contributed by atoms with van der Waals surface area (Å²) in [5, 5.41) is 41.6. The van der Waals surface area contributed by atoms with Crippen molar-refractivity contribution in [2.75, 3.05) is 18.6 Å². The van der Waals surface area contributed by atoms with Gasteiger partial charge < -0.3 is 25.2 Å². The van der Waals surface area contributed by atoms with Gasteiger partial charge in [0.1, 0.15) is 44.7 Å². The summed E-state index contributed by atoms with van der Waals surface area (Å²) in [4.78, 5) is 0. The van der Waals surface area contributed by atoms with Crippen molar-refractivity contribution in [1.29, 1.82) is 0 Å². The Kier molecular flexibility index (Phi) is 8.69. The SMILES string of the molecule is CS(=O)(=O)CCC/C(=N/OS(=O)(=O)O)S[C@@H]1O[C@H](CO)[C@@H](O)[C@H](O)[C@H]1O. The average Bonchev–Trinajstić information content (AvgIpc) is 2.50. The van der Waals surface area contributed by atoms with E-state index in [0.29, 0.717) is 11.8 Å². The van der Waals surface area contributed by atoms with Gasteiger partial charge in [0, 0.05) is 12.7 Å². The number of aliphatic hydroxyl groups is 4. The monoisotopic (exact) mass is 439 g/mol. The number of aliphatic hydroxyl groups excluding tert-OH is 4. The Morgan fingerprint density at radius 1 is 1.15 bits per heavy atom. The van der Waals surface area contributed by atoms with Crippen molar-refractivity contribution < 1.29 is 50.8 Å². The van der Waals surface area contributed by atoms with Crippen molar-refractivity contribution in [2.24, 2.45) is 5.16 Å². The number of oxime groups is 1. The zero-order chi connectivity index (χ0) is 20.1. The van der Waals surface area contributed by atoms with E-state index in [-0.39, 0.29) is 23.6 Å². The van der Waals surface area contributed by atoms with Crippen LogP contribution in [-0.2, 0) is 29.3 Å². The van der Waals surface area contributed by atoms with Crippen LogP contribution in [0, 0.1) is 0 Å². The van der Waals surface area contributed by atoms with Gasteiger partial charge in [-0.05, 0) is 6.42 Å². The van der Waals surface area contributed by atoms with E-state index in [2.05, 4.69) is 9.44 Å². The molecule has 1 heterocycles. The Morgan fingerprint density at radius 3 is 2.27 bits per heavy atom. The number of sulfone groups is 1. The lowest BCUT2D eigenvalue weighted by molar-refractivity contribution is -0.205. The second-order valence-corrected chi connectivity index (χ2v) is 9.97. The van der Waals surface area contributed by atoms with Crippen LogP contribution >= 0.6 is 11.8 Å². The van der Waals surface area contributed by atoms with E-state index in [1.165, 1.54) is 0 Å². The van der Waals surface area contributed by atoms with Gasteiger partial charge in [-0.3, -0.25) is 4.55 Å². The van der Waals surface area contributed by atoms with E-state index >= 15 is 0 Å². The molecule has 0 spiro atoms. The molecule has 12 nitrogen and oxygen atoms in total. The molecule has 0 radical (unpaired) electrons. The van der Waals surface area contributed by atoms with Crippen LogP contribution in [-0.4, -0.2) is 95.3 Å². The van der Waals surface area contributed by atoms with Crippen molar-refractivity contribution in [3.63, 3.8) is 0 Å². The molecule has 5 atom stereocenters. The molecular weight excluding hydrogens is 418 g/mol. The minimum absolute atomic E-state index is 0.0247. The summed E-state index contributed by atoms with van der Waals surface area (Å²) >= 11 is 0.590. The normalized spacial score (nSPS) is 31.0. The molecule has 0 aromatic rings. The molecule has 1 rings (SSSR count). The number of thioether (sulfide) groups is 1. The van der Waals surface area contributed by atoms with Crippen molar-refractivity contribution in [3.05, 3.63) is 0 Å². The van der Waals surface area contributed by atoms with Crippen molar-refractivity contribution in [3.8, 4) is 0 Å². The molecule has 0 saturated carbocycles. The van der Waals surface area contributed by atoms with Gasteiger partial charge in [0.25, 0.3) is 0 Å². The Labute approximate surface area is 154 Å². The molecule has 1 aliphatic heterocycles. The first-order valence-electron chi connectivity index (χ1n) is 7.22. The summed E-state index contributed by atoms with van der Waals surface area (Å²) in [5.74, 6) is -0.243. The lowest BCUT2D eigenvalue weighted by Gasteiger charge is -2.39. The van der Waals surface area contributed by atoms with Crippen LogP contribution in [0.4, 0.5) is 0 Å². The van der Waals surface area contributed by atoms with Gasteiger partial charge >= 0.3 is 10.4 Å². The fourth-order valence-corrected chi connectivity index (χ4v) is 4.01. The van der Waals surface area contributed by atoms with Crippen LogP contribution in [0.5, 0.6) is 0 Å². The first-order valence-corrected chi connectivity index (χ1v) is 11.5. The largest absolute Gasteiger partial charge is 0.466 e. The molecule has 1 fully saturated rings. The lowest BCUT2D eigenvalue weighted by atomic mass is 10.0. The van der Waals surface area contributed by atoms with Crippen molar-refractivity contribution >= 4 is 37.0 Å². The fourth-order valence-electron chi connectivity index (χ4n) is 2.00. The second kappa shape index (κ2) is 9.61. The molecule has 0 bridgehead atoms. The molecule has 26 heavy (non-hydrogen) atoms. The summed E-state index contributed by atoms with van der Waals surface area (Å²) in [6, 6.07) is 0. The highest BCUT2D eigenvalue weighted by Crippen LogP contribution is 2.30. The highest BCUT2D eigenvalue weighted by molar-refractivity contribution is 8.14. The molecule has 5 N–H and O–H groups in total. The molecule has 0 amide bonds. The highest BCUT2D eigenvalue weighted by Gasteiger charge is 2.44. The van der Waals surface area contributed by atoms with Crippen LogP contribution in [0.1, 0.15) is 12.8 Å². The quantitative estimate of drug-likeness (QED) is 0.115. The van der Waals surface area contributed by atoms with E-state index in [1.807, 2.05) is 0 Å². The topological polar surface area (TPSA) is 200 Å². The number of rotatable bonds is 8. The van der Waals surface area contributed by atoms with Gasteiger partial charge in [-0.2, -0.15) is 8.42 Å². The van der Waals surface area contributed by atoms with E-state index < -0.39 is 56.7 Å². The summed E-state index contributed by atoms with van der Waals surface area (Å²) in [6.07, 6.45) is -5.12. The minimum Gasteiger partial charge on any atom is -0.394 e. The van der Waals surface area contributed by atoms with E-state index in [1.54, 1.807) is 0 Å². The zero-order valence-corrected chi connectivity index (χ0v) is 16.0. The minimum atomic E-state index is -4.91. The summed E-state index contributed by atoms with van der Waals surface area (Å²) in [7, 11) is -8.21. The summed E-state index contributed by atoms with van der Waals surface area (Å²) < 4.78 is 61.4. The maximum Gasteiger partial charge on any atom is 0.466 e. The smallest absolute Gasteiger partial charge is 0.394 e. The third-order valence-corrected chi connectivity index (χ3v) is 5.71. The zero-order valence-electron chi connectivity index (χ0n) is 13.6. The standard InChI is InChI=1S/C11H21NO11S3/c1-25(17,18)4-2-3-7(12-23-26(19,20)21)24-11-10(16)9(15)8(14)6(5-13)22-11/h6,8-11,13-16H,2-5H2,1H3,(H,19,20,21)/b12-7-/t6-,8-,9+,10-,11+/m1/s1. The van der Waals surface area contributed by atoms with Gasteiger partial charge in [0.15, 0.2) is 0 Å². The molecule has 1 saturated heterocycles. The number of ether oxygens (including phenoxy) is 1. The molecule has 0 unspecified atom stereocenters. The highest BCUT2D eigenvalue weighted by atomic mass is 32.3. The number of hydrogen-bond donors (Lipinski definition) is 5. The Balaban J connectivity index is 2.88. The first kappa shape index (κ1) is 23.5. The van der Waals surface area contributed by atoms with E-state index in [4.69, 9.17) is 14.4 Å². The van der Waals surface area contributed by atoms with Crippen molar-refractivity contribution in [2.45, 2.75) is 42.7 Å². The van der Waals surface area contributed by atoms with Crippen LogP contribution in [0.3, 0.4) is 0 Å². The van der Waals surface area contributed by atoms with Gasteiger partial charge in [-0.1, -0.05) is 16.9 Å². The summed E-state index contributed by atoms with van der Waals surface area (Å²) in [5.41, 5.74) is -1.27. The molecule has 0 aliphatic carbocycles. The average molecular weight is 439 g/mol. The number of hydrogen-bond acceptors (Lipinski definition) is 12. The van der Waals surface area contributed by atoms with E-state index in [0.717, 1.165) is 6.26 Å². The van der Waals surface area contributed by atoms with Crippen LogP contribution in [0.2, 0.25) is 0 Å². The predicted molar refractivity (Wildman–Crippen MR) is 90.4 cm³/mol. The van der Waals surface area contributed by atoms with Crippen LogP contribution in [0.25, 0.3) is 0 Å². The van der Waals surface area contributed by atoms with E-state index in [9.17, 15) is 32.2 Å². The van der Waals surface area contributed by atoms with Crippen LogP contribution in [0.15, 0.2) is 5.16 Å². The maximum atomic E-state index is 11.2. The molecule has 15 heteroatoms. The van der Waals surface area contributed by atoms with Gasteiger partial charge in [-0.15, -0.1) is 0 Å². The van der Waals surface area contributed by atoms with Crippen LogP contribution < -0.4 is 0 Å². The first-order chi connectivity index (χ1) is 11.8. The second-order valence-electron chi connectivity index (χ2n) is 5.54. The molecule has 154 valence electrons. The predicted octanol–water partition coefficient (Wildman–Crippen LogP) is -2.52. The molecular formula is C11H21NO11S3. The van der Waals surface area contributed by atoms with Gasteiger partial charge in [-0.25, -0.2) is 12.7 Å². The number of nitrogens with zero attached hydrogens (tertiary/aromatic N) is 1. The Morgan fingerprint density at radius 2 is 1.77 bits per heavy atom. The molecule has 0 aromatic carbocycles. The van der Waals surface area contributed by atoms with Gasteiger partial charge in [0.2, 0.25) is 0 Å². The third-order valence-electron chi connectivity index (χ3n) is 3.24. The van der Waals surface area contributed by atoms with Crippen molar-refractivity contribution in [1.82, 2.24) is 0 Å².